The molecular weight excluding hydrogens is 570 g/mol. The highest BCUT2D eigenvalue weighted by Crippen LogP contribution is 2.26. The molecule has 3 aromatic carbocycles. The first-order chi connectivity index (χ1) is 19.6. The molecule has 0 fully saturated rings. The van der Waals surface area contributed by atoms with E-state index in [2.05, 4.69) is 26.1 Å². The Balaban J connectivity index is 2.04. The SMILES string of the molecule is CC(C)CNC(=O)[C@@H](Cc1ccccc1)N(Cc1cccc(Cl)c1)C(=O)CN(c1ccc(C(C)(C)C)cc1)S(C)(=O)=O. The minimum Gasteiger partial charge on any atom is -0.354 e. The predicted octanol–water partition coefficient (Wildman–Crippen LogP) is 5.82. The molecule has 0 unspecified atom stereocenters. The number of anilines is 1. The molecule has 42 heavy (non-hydrogen) atoms. The number of nitrogens with zero attached hydrogens (tertiary/aromatic N) is 2. The minimum atomic E-state index is -3.84. The Morgan fingerprint density at radius 2 is 1.52 bits per heavy atom. The average molecular weight is 612 g/mol. The maximum Gasteiger partial charge on any atom is 0.244 e. The van der Waals surface area contributed by atoms with E-state index < -0.39 is 28.5 Å². The van der Waals surface area contributed by atoms with E-state index >= 15 is 0 Å². The first-order valence-electron chi connectivity index (χ1n) is 14.1. The van der Waals surface area contributed by atoms with Crippen molar-refractivity contribution in [1.29, 1.82) is 0 Å². The van der Waals surface area contributed by atoms with Crippen LogP contribution in [0.15, 0.2) is 78.9 Å². The van der Waals surface area contributed by atoms with Crippen molar-refractivity contribution in [3.63, 3.8) is 0 Å². The lowest BCUT2D eigenvalue weighted by atomic mass is 9.87. The van der Waals surface area contributed by atoms with Crippen LogP contribution in [0.3, 0.4) is 0 Å². The van der Waals surface area contributed by atoms with Crippen molar-refractivity contribution in [2.45, 2.75) is 59.0 Å². The lowest BCUT2D eigenvalue weighted by Crippen LogP contribution is -2.53. The van der Waals surface area contributed by atoms with Gasteiger partial charge in [-0.15, -0.1) is 0 Å². The summed E-state index contributed by atoms with van der Waals surface area (Å²) >= 11 is 6.26. The summed E-state index contributed by atoms with van der Waals surface area (Å²) in [5, 5.41) is 3.48. The molecule has 0 bridgehead atoms. The van der Waals surface area contributed by atoms with Gasteiger partial charge in [0.2, 0.25) is 21.8 Å². The smallest absolute Gasteiger partial charge is 0.244 e. The summed E-state index contributed by atoms with van der Waals surface area (Å²) in [5.74, 6) is -0.593. The van der Waals surface area contributed by atoms with Gasteiger partial charge in [-0.2, -0.15) is 0 Å². The summed E-state index contributed by atoms with van der Waals surface area (Å²) in [6.07, 6.45) is 1.34. The summed E-state index contributed by atoms with van der Waals surface area (Å²) < 4.78 is 27.1. The Labute approximate surface area is 255 Å². The third-order valence-corrected chi connectivity index (χ3v) is 8.27. The maximum absolute atomic E-state index is 14.2. The molecule has 0 aromatic heterocycles. The van der Waals surface area contributed by atoms with Gasteiger partial charge in [0.1, 0.15) is 12.6 Å². The number of sulfonamides is 1. The van der Waals surface area contributed by atoms with Crippen molar-refractivity contribution in [2.24, 2.45) is 5.92 Å². The van der Waals surface area contributed by atoms with Crippen LogP contribution < -0.4 is 9.62 Å². The van der Waals surface area contributed by atoms with Crippen molar-refractivity contribution >= 4 is 39.1 Å². The number of nitrogens with one attached hydrogen (secondary N) is 1. The first kappa shape index (κ1) is 33.1. The van der Waals surface area contributed by atoms with Crippen LogP contribution >= 0.6 is 11.6 Å². The topological polar surface area (TPSA) is 86.8 Å². The van der Waals surface area contributed by atoms with Gasteiger partial charge >= 0.3 is 0 Å². The van der Waals surface area contributed by atoms with Gasteiger partial charge in [-0.05, 0) is 52.3 Å². The summed E-state index contributed by atoms with van der Waals surface area (Å²) in [6, 6.07) is 22.9. The maximum atomic E-state index is 14.2. The second kappa shape index (κ2) is 14.2. The number of carbonyl (C=O) groups excluding carboxylic acids is 2. The van der Waals surface area contributed by atoms with Crippen LogP contribution in [0.25, 0.3) is 0 Å². The van der Waals surface area contributed by atoms with Gasteiger partial charge in [-0.25, -0.2) is 8.42 Å². The lowest BCUT2D eigenvalue weighted by molar-refractivity contribution is -0.140. The van der Waals surface area contributed by atoms with E-state index in [9.17, 15) is 18.0 Å². The first-order valence-corrected chi connectivity index (χ1v) is 16.3. The lowest BCUT2D eigenvalue weighted by Gasteiger charge is -2.33. The number of halogens is 1. The molecule has 7 nitrogen and oxygen atoms in total. The fourth-order valence-corrected chi connectivity index (χ4v) is 5.61. The third kappa shape index (κ3) is 9.60. The molecule has 0 spiro atoms. The van der Waals surface area contributed by atoms with Crippen molar-refractivity contribution in [1.82, 2.24) is 10.2 Å². The average Bonchev–Trinajstić information content (AvgIpc) is 2.91. The largest absolute Gasteiger partial charge is 0.354 e. The monoisotopic (exact) mass is 611 g/mol. The van der Waals surface area contributed by atoms with Crippen molar-refractivity contribution in [2.75, 3.05) is 23.7 Å². The number of hydrogen-bond donors (Lipinski definition) is 1. The molecule has 0 heterocycles. The fourth-order valence-electron chi connectivity index (χ4n) is 4.55. The molecule has 3 rings (SSSR count). The van der Waals surface area contributed by atoms with Gasteiger partial charge < -0.3 is 10.2 Å². The van der Waals surface area contributed by atoms with Crippen LogP contribution in [0.1, 0.15) is 51.3 Å². The molecule has 0 aliphatic heterocycles. The molecule has 9 heteroatoms. The van der Waals surface area contributed by atoms with Crippen LogP contribution in [-0.2, 0) is 38.0 Å². The normalized spacial score (nSPS) is 12.6. The Hall–Kier alpha value is -3.36. The summed E-state index contributed by atoms with van der Waals surface area (Å²) in [6.45, 7) is 10.3. The van der Waals surface area contributed by atoms with Crippen molar-refractivity contribution in [3.05, 3.63) is 101 Å². The number of rotatable bonds is 12. The number of carbonyl (C=O) groups is 2. The molecule has 0 saturated carbocycles. The molecule has 1 atom stereocenters. The zero-order valence-electron chi connectivity index (χ0n) is 25.3. The summed E-state index contributed by atoms with van der Waals surface area (Å²) in [5.41, 5.74) is 2.91. The van der Waals surface area contributed by atoms with E-state index in [4.69, 9.17) is 11.6 Å². The Bertz CT molecular complexity index is 1450. The van der Waals surface area contributed by atoms with Gasteiger partial charge in [0, 0.05) is 24.5 Å². The van der Waals surface area contributed by atoms with Crippen molar-refractivity contribution < 1.29 is 18.0 Å². The Kier molecular flexibility index (Phi) is 11.2. The zero-order chi connectivity index (χ0) is 31.1. The molecule has 226 valence electrons. The molecule has 0 radical (unpaired) electrons. The van der Waals surface area contributed by atoms with E-state index in [1.165, 1.54) is 4.90 Å². The molecular formula is C33H42ClN3O4S. The van der Waals surface area contributed by atoms with Crippen LogP contribution in [0.4, 0.5) is 5.69 Å². The second-order valence-electron chi connectivity index (χ2n) is 12.1. The van der Waals surface area contributed by atoms with Crippen LogP contribution in [0.5, 0.6) is 0 Å². The van der Waals surface area contributed by atoms with Gasteiger partial charge in [-0.1, -0.05) is 101 Å². The number of amides is 2. The molecule has 0 aliphatic rings. The minimum absolute atomic E-state index is 0.0759. The molecule has 1 N–H and O–H groups in total. The van der Waals surface area contributed by atoms with E-state index in [1.54, 1.807) is 30.3 Å². The van der Waals surface area contributed by atoms with Gasteiger partial charge in [-0.3, -0.25) is 13.9 Å². The molecule has 0 aliphatic carbocycles. The van der Waals surface area contributed by atoms with E-state index in [0.29, 0.717) is 17.3 Å². The van der Waals surface area contributed by atoms with Crippen LogP contribution in [0, 0.1) is 5.92 Å². The van der Waals surface area contributed by atoms with Crippen molar-refractivity contribution in [3.8, 4) is 0 Å². The van der Waals surface area contributed by atoms with E-state index in [0.717, 1.165) is 27.3 Å². The molecule has 0 saturated heterocycles. The standard InChI is InChI=1S/C33H42ClN3O4S/c1-24(2)21-35-32(39)30(20-25-11-8-7-9-12-25)36(22-26-13-10-14-28(34)19-26)31(38)23-37(42(6,40)41)29-17-15-27(16-18-29)33(3,4)5/h7-19,24,30H,20-23H2,1-6H3,(H,35,39)/t30-/m1/s1. The second-order valence-corrected chi connectivity index (χ2v) is 14.4. The Morgan fingerprint density at radius 1 is 0.905 bits per heavy atom. The number of benzene rings is 3. The highest BCUT2D eigenvalue weighted by Gasteiger charge is 2.33. The van der Waals surface area contributed by atoms with Crippen LogP contribution in [0.2, 0.25) is 5.02 Å². The Morgan fingerprint density at radius 3 is 2.07 bits per heavy atom. The molecule has 3 aromatic rings. The predicted molar refractivity (Wildman–Crippen MR) is 171 cm³/mol. The quantitative estimate of drug-likeness (QED) is 0.280. The van der Waals surface area contributed by atoms with Gasteiger partial charge in [0.15, 0.2) is 0 Å². The summed E-state index contributed by atoms with van der Waals surface area (Å²) in [7, 11) is -3.84. The van der Waals surface area contributed by atoms with Crippen LogP contribution in [-0.4, -0.2) is 50.5 Å². The fraction of sp³-hybridized carbons (Fsp3) is 0.394. The third-order valence-electron chi connectivity index (χ3n) is 6.90. The zero-order valence-corrected chi connectivity index (χ0v) is 26.9. The summed E-state index contributed by atoms with van der Waals surface area (Å²) in [4.78, 5) is 29.3. The highest BCUT2D eigenvalue weighted by atomic mass is 35.5. The highest BCUT2D eigenvalue weighted by molar-refractivity contribution is 7.92. The van der Waals surface area contributed by atoms with E-state index in [-0.39, 0.29) is 30.2 Å². The number of hydrogen-bond acceptors (Lipinski definition) is 4. The van der Waals surface area contributed by atoms with Gasteiger partial charge in [0.05, 0.1) is 11.9 Å². The van der Waals surface area contributed by atoms with E-state index in [1.807, 2.05) is 62.4 Å². The molecule has 2 amide bonds. The van der Waals surface area contributed by atoms with Gasteiger partial charge in [0.25, 0.3) is 0 Å².